The largest absolute Gasteiger partial charge is 0.398 e. The van der Waals surface area contributed by atoms with Crippen LogP contribution in [0.15, 0.2) is 30.6 Å². The molecular formula is C23H33N7O. The van der Waals surface area contributed by atoms with Crippen LogP contribution < -0.4 is 16.4 Å². The molecule has 1 unspecified atom stereocenters. The number of hydrogen-bond acceptors (Lipinski definition) is 7. The Hall–Kier alpha value is -2.87. The summed E-state index contributed by atoms with van der Waals surface area (Å²) in [6.07, 6.45) is 7.95. The number of benzene rings is 1. The van der Waals surface area contributed by atoms with Gasteiger partial charge in [0.15, 0.2) is 17.0 Å². The number of rotatable bonds is 8. The SMILES string of the molecule is CC(C)C(CO)Nc1nc(NCc2ccccc2N)c2ncn(C3CCCCC3)c2n1. The van der Waals surface area contributed by atoms with E-state index < -0.39 is 0 Å². The number of aromatic nitrogens is 4. The van der Waals surface area contributed by atoms with Crippen molar-refractivity contribution in [2.24, 2.45) is 5.92 Å². The van der Waals surface area contributed by atoms with Gasteiger partial charge >= 0.3 is 0 Å². The van der Waals surface area contributed by atoms with Crippen molar-refractivity contribution in [3.05, 3.63) is 36.2 Å². The number of anilines is 3. The first-order valence-electron chi connectivity index (χ1n) is 11.3. The summed E-state index contributed by atoms with van der Waals surface area (Å²) >= 11 is 0. The van der Waals surface area contributed by atoms with E-state index in [0.29, 0.717) is 24.4 Å². The van der Waals surface area contributed by atoms with Crippen molar-refractivity contribution in [2.45, 2.75) is 64.6 Å². The zero-order valence-electron chi connectivity index (χ0n) is 18.4. The maximum absolute atomic E-state index is 9.78. The third-order valence-corrected chi connectivity index (χ3v) is 6.21. The summed E-state index contributed by atoms with van der Waals surface area (Å²) in [4.78, 5) is 14.2. The minimum Gasteiger partial charge on any atom is -0.398 e. The van der Waals surface area contributed by atoms with E-state index in [4.69, 9.17) is 15.7 Å². The molecule has 4 rings (SSSR count). The molecular weight excluding hydrogens is 390 g/mol. The minimum absolute atomic E-state index is 0.0181. The normalized spacial score (nSPS) is 16.0. The lowest BCUT2D eigenvalue weighted by atomic mass is 9.95. The smallest absolute Gasteiger partial charge is 0.227 e. The molecule has 3 aromatic rings. The van der Waals surface area contributed by atoms with Crippen LogP contribution in [0.2, 0.25) is 0 Å². The number of imidazole rings is 1. The average molecular weight is 424 g/mol. The quantitative estimate of drug-likeness (QED) is 0.406. The highest BCUT2D eigenvalue weighted by molar-refractivity contribution is 5.84. The number of hydrogen-bond donors (Lipinski definition) is 4. The summed E-state index contributed by atoms with van der Waals surface area (Å²) in [7, 11) is 0. The zero-order chi connectivity index (χ0) is 21.8. The van der Waals surface area contributed by atoms with Crippen molar-refractivity contribution >= 4 is 28.6 Å². The standard InChI is InChI=1S/C23H33N7O/c1-15(2)19(13-31)27-23-28-21(25-12-16-8-6-7-11-18(16)24)20-22(29-23)30(14-26-20)17-9-4-3-5-10-17/h6-8,11,14-15,17,19,31H,3-5,9-10,12-13,24H2,1-2H3,(H2,25,27,28,29). The summed E-state index contributed by atoms with van der Waals surface area (Å²) in [5.74, 6) is 1.42. The third kappa shape index (κ3) is 4.74. The molecule has 1 aliphatic carbocycles. The van der Waals surface area contributed by atoms with Gasteiger partial charge in [-0.05, 0) is 30.4 Å². The monoisotopic (exact) mass is 423 g/mol. The topological polar surface area (TPSA) is 114 Å². The van der Waals surface area contributed by atoms with Crippen molar-refractivity contribution in [2.75, 3.05) is 23.0 Å². The number of nitrogen functional groups attached to an aromatic ring is 1. The van der Waals surface area contributed by atoms with Gasteiger partial charge < -0.3 is 26.0 Å². The number of aliphatic hydroxyl groups excluding tert-OH is 1. The molecule has 0 saturated heterocycles. The summed E-state index contributed by atoms with van der Waals surface area (Å²) in [5, 5.41) is 16.5. The molecule has 1 aliphatic rings. The summed E-state index contributed by atoms with van der Waals surface area (Å²) < 4.78 is 2.20. The number of para-hydroxylation sites is 1. The van der Waals surface area contributed by atoms with E-state index in [0.717, 1.165) is 35.3 Å². The van der Waals surface area contributed by atoms with Gasteiger partial charge in [0, 0.05) is 18.3 Å². The van der Waals surface area contributed by atoms with E-state index >= 15 is 0 Å². The first-order valence-corrected chi connectivity index (χ1v) is 11.3. The summed E-state index contributed by atoms with van der Waals surface area (Å²) in [6, 6.07) is 8.09. The highest BCUT2D eigenvalue weighted by Gasteiger charge is 2.22. The zero-order valence-corrected chi connectivity index (χ0v) is 18.4. The molecule has 2 aromatic heterocycles. The van der Waals surface area contributed by atoms with Crippen molar-refractivity contribution in [1.29, 1.82) is 0 Å². The molecule has 31 heavy (non-hydrogen) atoms. The van der Waals surface area contributed by atoms with Crippen LogP contribution in [0.5, 0.6) is 0 Å². The van der Waals surface area contributed by atoms with Gasteiger partial charge in [-0.3, -0.25) is 0 Å². The van der Waals surface area contributed by atoms with Crippen LogP contribution in [-0.2, 0) is 6.54 Å². The van der Waals surface area contributed by atoms with Gasteiger partial charge in [-0.25, -0.2) is 4.98 Å². The van der Waals surface area contributed by atoms with E-state index in [1.807, 2.05) is 30.6 Å². The van der Waals surface area contributed by atoms with Crippen LogP contribution in [0.4, 0.5) is 17.5 Å². The third-order valence-electron chi connectivity index (χ3n) is 6.21. The van der Waals surface area contributed by atoms with Crippen LogP contribution >= 0.6 is 0 Å². The van der Waals surface area contributed by atoms with Crippen molar-refractivity contribution < 1.29 is 5.11 Å². The van der Waals surface area contributed by atoms with E-state index in [1.165, 1.54) is 19.3 Å². The highest BCUT2D eigenvalue weighted by Crippen LogP contribution is 2.32. The Morgan fingerprint density at radius 3 is 2.65 bits per heavy atom. The maximum Gasteiger partial charge on any atom is 0.227 e. The second kappa shape index (κ2) is 9.51. The number of nitrogens with two attached hydrogens (primary N) is 1. The van der Waals surface area contributed by atoms with Crippen LogP contribution in [0, 0.1) is 5.92 Å². The molecule has 1 fully saturated rings. The molecule has 1 atom stereocenters. The lowest BCUT2D eigenvalue weighted by Gasteiger charge is -2.24. The molecule has 8 nitrogen and oxygen atoms in total. The molecule has 1 saturated carbocycles. The molecule has 1 aromatic carbocycles. The first-order chi connectivity index (χ1) is 15.1. The molecule has 0 radical (unpaired) electrons. The Balaban J connectivity index is 1.70. The Kier molecular flexibility index (Phi) is 6.56. The van der Waals surface area contributed by atoms with Crippen LogP contribution in [-0.4, -0.2) is 37.3 Å². The van der Waals surface area contributed by atoms with E-state index in [9.17, 15) is 5.11 Å². The highest BCUT2D eigenvalue weighted by atomic mass is 16.3. The molecule has 2 heterocycles. The second-order valence-electron chi connectivity index (χ2n) is 8.74. The molecule has 0 aliphatic heterocycles. The summed E-state index contributed by atoms with van der Waals surface area (Å²) in [6.45, 7) is 4.69. The van der Waals surface area contributed by atoms with Gasteiger partial charge in [0.25, 0.3) is 0 Å². The molecule has 166 valence electrons. The Morgan fingerprint density at radius 1 is 1.16 bits per heavy atom. The lowest BCUT2D eigenvalue weighted by Crippen LogP contribution is -2.30. The number of nitrogens with one attached hydrogen (secondary N) is 2. The predicted octanol–water partition coefficient (Wildman–Crippen LogP) is 3.95. The number of nitrogens with zero attached hydrogens (tertiary/aromatic N) is 4. The van der Waals surface area contributed by atoms with Crippen molar-refractivity contribution in [1.82, 2.24) is 19.5 Å². The minimum atomic E-state index is -0.124. The fourth-order valence-corrected chi connectivity index (χ4v) is 4.19. The second-order valence-corrected chi connectivity index (χ2v) is 8.74. The van der Waals surface area contributed by atoms with Gasteiger partial charge in [0.1, 0.15) is 0 Å². The van der Waals surface area contributed by atoms with Crippen LogP contribution in [0.25, 0.3) is 11.2 Å². The van der Waals surface area contributed by atoms with E-state index in [-0.39, 0.29) is 18.6 Å². The van der Waals surface area contributed by atoms with Gasteiger partial charge in [0.2, 0.25) is 5.95 Å². The average Bonchev–Trinajstić information content (AvgIpc) is 3.21. The van der Waals surface area contributed by atoms with Gasteiger partial charge in [-0.1, -0.05) is 51.3 Å². The number of aliphatic hydroxyl groups is 1. The van der Waals surface area contributed by atoms with Crippen molar-refractivity contribution in [3.63, 3.8) is 0 Å². The molecule has 0 bridgehead atoms. The number of fused-ring (bicyclic) bond motifs is 1. The molecule has 0 spiro atoms. The van der Waals surface area contributed by atoms with Gasteiger partial charge in [0.05, 0.1) is 19.0 Å². The molecule has 5 N–H and O–H groups in total. The lowest BCUT2D eigenvalue weighted by molar-refractivity contribution is 0.248. The van der Waals surface area contributed by atoms with Gasteiger partial charge in [-0.2, -0.15) is 9.97 Å². The Labute approximate surface area is 183 Å². The maximum atomic E-state index is 9.78. The Bertz CT molecular complexity index is 1010. The van der Waals surface area contributed by atoms with Crippen LogP contribution in [0.1, 0.15) is 57.6 Å². The fraction of sp³-hybridized carbons (Fsp3) is 0.522. The molecule has 0 amide bonds. The first kappa shape index (κ1) is 21.4. The van der Waals surface area contributed by atoms with Crippen molar-refractivity contribution in [3.8, 4) is 0 Å². The predicted molar refractivity (Wildman–Crippen MR) is 125 cm³/mol. The van der Waals surface area contributed by atoms with Crippen LogP contribution in [0.3, 0.4) is 0 Å². The fourth-order valence-electron chi connectivity index (χ4n) is 4.19. The summed E-state index contributed by atoms with van der Waals surface area (Å²) in [5.41, 5.74) is 9.45. The van der Waals surface area contributed by atoms with E-state index in [2.05, 4.69) is 34.0 Å². The van der Waals surface area contributed by atoms with Gasteiger partial charge in [-0.15, -0.1) is 0 Å². The Morgan fingerprint density at radius 2 is 1.94 bits per heavy atom. The van der Waals surface area contributed by atoms with E-state index in [1.54, 1.807) is 0 Å². The molecule has 8 heteroatoms.